The van der Waals surface area contributed by atoms with Gasteiger partial charge in [0.1, 0.15) is 22.1 Å². The Morgan fingerprint density at radius 1 is 0.933 bits per heavy atom. The molecule has 0 aromatic heterocycles. The van der Waals surface area contributed by atoms with Gasteiger partial charge in [0, 0.05) is 10.5 Å². The van der Waals surface area contributed by atoms with E-state index in [1.807, 2.05) is 24.3 Å². The molecule has 0 spiro atoms. The van der Waals surface area contributed by atoms with E-state index in [4.69, 9.17) is 13.7 Å². The van der Waals surface area contributed by atoms with E-state index in [1.165, 1.54) is 49.6 Å². The van der Waals surface area contributed by atoms with E-state index in [1.54, 1.807) is 6.08 Å². The molecule has 1 aliphatic heterocycles. The van der Waals surface area contributed by atoms with Crippen molar-refractivity contribution in [3.8, 4) is 17.2 Å². The third-order valence-corrected chi connectivity index (χ3v) is 6.15. The van der Waals surface area contributed by atoms with E-state index in [2.05, 4.69) is 15.9 Å². The molecule has 152 valence electrons. The van der Waals surface area contributed by atoms with Crippen LogP contribution in [0.3, 0.4) is 0 Å². The smallest absolute Gasteiger partial charge is 0.339 e. The second-order valence-electron chi connectivity index (χ2n) is 6.36. The molecule has 3 aromatic rings. The first-order valence-electron chi connectivity index (χ1n) is 8.78. The second kappa shape index (κ2) is 7.97. The average Bonchev–Trinajstić information content (AvgIpc) is 3.04. The molecule has 0 amide bonds. The quantitative estimate of drug-likeness (QED) is 0.379. The first-order chi connectivity index (χ1) is 14.4. The van der Waals surface area contributed by atoms with Crippen LogP contribution in [0.2, 0.25) is 0 Å². The number of carbonyl (C=O) groups is 1. The molecule has 4 rings (SSSR count). The number of hydrogen-bond acceptors (Lipinski definition) is 6. The van der Waals surface area contributed by atoms with Crippen molar-refractivity contribution < 1.29 is 26.9 Å². The minimum Gasteiger partial charge on any atom is -0.497 e. The largest absolute Gasteiger partial charge is 0.497 e. The summed E-state index contributed by atoms with van der Waals surface area (Å²) in [6, 6.07) is 17.5. The molecule has 0 aliphatic carbocycles. The Kier molecular flexibility index (Phi) is 5.36. The summed E-state index contributed by atoms with van der Waals surface area (Å²) < 4.78 is 41.8. The maximum Gasteiger partial charge on any atom is 0.339 e. The third kappa shape index (κ3) is 4.10. The van der Waals surface area contributed by atoms with E-state index < -0.39 is 10.1 Å². The number of benzene rings is 3. The van der Waals surface area contributed by atoms with Gasteiger partial charge in [-0.1, -0.05) is 28.1 Å². The van der Waals surface area contributed by atoms with E-state index in [9.17, 15) is 13.2 Å². The zero-order valence-corrected chi connectivity index (χ0v) is 18.1. The molecule has 0 saturated heterocycles. The molecule has 0 saturated carbocycles. The summed E-state index contributed by atoms with van der Waals surface area (Å²) in [5, 5.41) is 0. The summed E-state index contributed by atoms with van der Waals surface area (Å²) in [7, 11) is -2.56. The standard InChI is InChI=1S/C22H15BrO6S/c1-27-16-6-9-18(10-7-16)30(25,26)29-17-8-11-19-20(13-17)28-21(22(19)24)12-14-2-4-15(23)5-3-14/h2-13H,1H3. The van der Waals surface area contributed by atoms with Gasteiger partial charge >= 0.3 is 10.1 Å². The number of halogens is 1. The molecule has 1 aliphatic rings. The number of hydrogen-bond donors (Lipinski definition) is 0. The number of fused-ring (bicyclic) bond motifs is 1. The lowest BCUT2D eigenvalue weighted by Crippen LogP contribution is -2.09. The van der Waals surface area contributed by atoms with Gasteiger partial charge in [-0.3, -0.25) is 4.79 Å². The van der Waals surface area contributed by atoms with Crippen molar-refractivity contribution >= 4 is 37.9 Å². The third-order valence-electron chi connectivity index (χ3n) is 4.36. The van der Waals surface area contributed by atoms with E-state index in [0.717, 1.165) is 10.0 Å². The van der Waals surface area contributed by atoms with Gasteiger partial charge in [0.25, 0.3) is 0 Å². The lowest BCUT2D eigenvalue weighted by Gasteiger charge is -2.08. The molecular weight excluding hydrogens is 472 g/mol. The Morgan fingerprint density at radius 2 is 1.60 bits per heavy atom. The van der Waals surface area contributed by atoms with Crippen LogP contribution in [0, 0.1) is 0 Å². The van der Waals surface area contributed by atoms with Crippen LogP contribution in [-0.2, 0) is 10.1 Å². The second-order valence-corrected chi connectivity index (χ2v) is 8.82. The summed E-state index contributed by atoms with van der Waals surface area (Å²) in [5.74, 6) is 0.691. The molecule has 0 atom stereocenters. The highest BCUT2D eigenvalue weighted by atomic mass is 79.9. The Labute approximate surface area is 182 Å². The van der Waals surface area contributed by atoms with Crippen LogP contribution in [0.25, 0.3) is 6.08 Å². The van der Waals surface area contributed by atoms with Crippen LogP contribution < -0.4 is 13.7 Å². The molecule has 6 nitrogen and oxygen atoms in total. The number of carbonyl (C=O) groups excluding carboxylic acids is 1. The number of allylic oxidation sites excluding steroid dienone is 1. The fraction of sp³-hybridized carbons (Fsp3) is 0.0455. The van der Waals surface area contributed by atoms with Gasteiger partial charge in [0.15, 0.2) is 5.76 Å². The summed E-state index contributed by atoms with van der Waals surface area (Å²) in [5.41, 5.74) is 1.14. The highest BCUT2D eigenvalue weighted by Crippen LogP contribution is 2.35. The zero-order valence-electron chi connectivity index (χ0n) is 15.7. The van der Waals surface area contributed by atoms with Crippen molar-refractivity contribution in [3.05, 3.63) is 88.1 Å². The van der Waals surface area contributed by atoms with Crippen LogP contribution in [0.1, 0.15) is 15.9 Å². The average molecular weight is 487 g/mol. The fourth-order valence-corrected chi connectivity index (χ4v) is 4.03. The molecule has 0 fully saturated rings. The molecule has 0 N–H and O–H groups in total. The van der Waals surface area contributed by atoms with Crippen LogP contribution >= 0.6 is 15.9 Å². The lowest BCUT2D eigenvalue weighted by atomic mass is 10.1. The zero-order chi connectivity index (χ0) is 21.3. The van der Waals surface area contributed by atoms with Crippen LogP contribution in [0.15, 0.2) is 81.9 Å². The maximum absolute atomic E-state index is 12.6. The van der Waals surface area contributed by atoms with Crippen LogP contribution in [0.5, 0.6) is 17.2 Å². The van der Waals surface area contributed by atoms with Gasteiger partial charge in [0.2, 0.25) is 5.78 Å². The van der Waals surface area contributed by atoms with Gasteiger partial charge in [-0.2, -0.15) is 8.42 Å². The summed E-state index contributed by atoms with van der Waals surface area (Å²) >= 11 is 3.36. The highest BCUT2D eigenvalue weighted by Gasteiger charge is 2.28. The van der Waals surface area contributed by atoms with Gasteiger partial charge in [-0.05, 0) is 60.2 Å². The van der Waals surface area contributed by atoms with Crippen molar-refractivity contribution in [3.63, 3.8) is 0 Å². The number of methoxy groups -OCH3 is 1. The fourth-order valence-electron chi connectivity index (χ4n) is 2.85. The molecule has 0 unspecified atom stereocenters. The van der Waals surface area contributed by atoms with Crippen molar-refractivity contribution in [2.24, 2.45) is 0 Å². The maximum atomic E-state index is 12.6. The Morgan fingerprint density at radius 3 is 2.27 bits per heavy atom. The lowest BCUT2D eigenvalue weighted by molar-refractivity contribution is 0.101. The van der Waals surface area contributed by atoms with E-state index in [-0.39, 0.29) is 27.9 Å². The van der Waals surface area contributed by atoms with Crippen molar-refractivity contribution in [2.75, 3.05) is 7.11 Å². The number of ether oxygens (including phenoxy) is 2. The van der Waals surface area contributed by atoms with E-state index >= 15 is 0 Å². The first-order valence-corrected chi connectivity index (χ1v) is 11.0. The minimum absolute atomic E-state index is 0.0170. The highest BCUT2D eigenvalue weighted by molar-refractivity contribution is 9.10. The number of ketones is 1. The van der Waals surface area contributed by atoms with Gasteiger partial charge in [-0.25, -0.2) is 0 Å². The van der Waals surface area contributed by atoms with Gasteiger partial charge < -0.3 is 13.7 Å². The summed E-state index contributed by atoms with van der Waals surface area (Å²) in [6.07, 6.45) is 1.63. The van der Waals surface area contributed by atoms with Crippen molar-refractivity contribution in [2.45, 2.75) is 4.90 Å². The molecular formula is C22H15BrO6S. The van der Waals surface area contributed by atoms with Gasteiger partial charge in [0.05, 0.1) is 12.7 Å². The molecule has 8 heteroatoms. The topological polar surface area (TPSA) is 78.9 Å². The molecule has 30 heavy (non-hydrogen) atoms. The summed E-state index contributed by atoms with van der Waals surface area (Å²) in [6.45, 7) is 0. The SMILES string of the molecule is COc1ccc(S(=O)(=O)Oc2ccc3c(c2)OC(=Cc2ccc(Br)cc2)C3=O)cc1. The number of Topliss-reactive ketones (excluding diaryl/α,β-unsaturated/α-hetero) is 1. The number of rotatable bonds is 5. The first kappa shape index (κ1) is 20.2. The molecule has 0 bridgehead atoms. The minimum atomic E-state index is -4.05. The molecule has 3 aromatic carbocycles. The van der Waals surface area contributed by atoms with Gasteiger partial charge in [-0.15, -0.1) is 0 Å². The molecule has 1 heterocycles. The van der Waals surface area contributed by atoms with Crippen LogP contribution in [-0.4, -0.2) is 21.3 Å². The normalized spacial score (nSPS) is 14.3. The predicted octanol–water partition coefficient (Wildman–Crippen LogP) is 4.84. The monoisotopic (exact) mass is 486 g/mol. The van der Waals surface area contributed by atoms with E-state index in [0.29, 0.717) is 11.3 Å². The van der Waals surface area contributed by atoms with Crippen LogP contribution in [0.4, 0.5) is 0 Å². The Hall–Kier alpha value is -3.10. The Balaban J connectivity index is 1.57. The molecule has 0 radical (unpaired) electrons. The summed E-state index contributed by atoms with van der Waals surface area (Å²) in [4.78, 5) is 12.6. The predicted molar refractivity (Wildman–Crippen MR) is 114 cm³/mol. The van der Waals surface area contributed by atoms with Crippen molar-refractivity contribution in [1.29, 1.82) is 0 Å². The van der Waals surface area contributed by atoms with Crippen molar-refractivity contribution in [1.82, 2.24) is 0 Å². The Bertz CT molecular complexity index is 1250.